The number of anilines is 1. The molecule has 4 rings (SSSR count). The normalized spacial score (nSPS) is 15.7. The van der Waals surface area contributed by atoms with Gasteiger partial charge in [-0.15, -0.1) is 28.1 Å². The molecule has 2 aromatic heterocycles. The van der Waals surface area contributed by atoms with Crippen LogP contribution in [0, 0.1) is 28.5 Å². The minimum absolute atomic E-state index is 0.0905. The first-order valence-corrected chi connectivity index (χ1v) is 15.4. The second-order valence-corrected chi connectivity index (χ2v) is 13.0. The van der Waals surface area contributed by atoms with Crippen LogP contribution >= 0.6 is 34.7 Å². The molecule has 0 radical (unpaired) electrons. The molecule has 2 atom stereocenters. The number of hydrogen-bond acceptors (Lipinski definition) is 7. The van der Waals surface area contributed by atoms with Gasteiger partial charge >= 0.3 is 0 Å². The largest absolute Gasteiger partial charge is 0.481 e. The van der Waals surface area contributed by atoms with Gasteiger partial charge in [0.15, 0.2) is 17.1 Å². The van der Waals surface area contributed by atoms with Gasteiger partial charge in [-0.3, -0.25) is 9.36 Å². The van der Waals surface area contributed by atoms with Crippen LogP contribution in [0.15, 0.2) is 36.0 Å². The van der Waals surface area contributed by atoms with E-state index in [1.807, 2.05) is 4.57 Å². The fourth-order valence-electron chi connectivity index (χ4n) is 4.86. The summed E-state index contributed by atoms with van der Waals surface area (Å²) in [7, 11) is 0. The summed E-state index contributed by atoms with van der Waals surface area (Å²) in [5.41, 5.74) is 1.92. The highest BCUT2D eigenvalue weighted by Gasteiger charge is 2.34. The Morgan fingerprint density at radius 3 is 2.92 bits per heavy atom. The summed E-state index contributed by atoms with van der Waals surface area (Å²) >= 11 is 8.88. The molecule has 1 N–H and O–H groups in total. The van der Waals surface area contributed by atoms with Gasteiger partial charge in [-0.05, 0) is 61.3 Å². The van der Waals surface area contributed by atoms with Crippen molar-refractivity contribution in [3.05, 3.63) is 63.5 Å². The maximum absolute atomic E-state index is 13.4. The van der Waals surface area contributed by atoms with Gasteiger partial charge in [0.1, 0.15) is 22.6 Å². The maximum atomic E-state index is 13.4. The van der Waals surface area contributed by atoms with Crippen molar-refractivity contribution in [2.45, 2.75) is 71.2 Å². The third kappa shape index (κ3) is 6.54. The minimum atomic E-state index is -0.546. The first-order chi connectivity index (χ1) is 19.1. The summed E-state index contributed by atoms with van der Waals surface area (Å²) in [5.74, 6) is 0.825. The molecule has 212 valence electrons. The van der Waals surface area contributed by atoms with Crippen LogP contribution in [0.25, 0.3) is 0 Å². The van der Waals surface area contributed by atoms with E-state index in [0.717, 1.165) is 31.2 Å². The number of hydrogen-bond donors (Lipinski definition) is 1. The number of nitriles is 1. The highest BCUT2D eigenvalue weighted by molar-refractivity contribution is 7.99. The Kier molecular flexibility index (Phi) is 9.60. The Morgan fingerprint density at radius 1 is 1.48 bits per heavy atom. The Bertz CT molecular complexity index is 1440. The molecule has 0 saturated carbocycles. The number of ether oxygens (including phenoxy) is 1. The SMILES string of the molecule is C=CCn1c(SCC(=O)Nc2sc3c(c2C#N)CCC(C(C)(C)CC)C3)nnc1C(C)Oc1ccc(F)cc1Cl. The van der Waals surface area contributed by atoms with Crippen molar-refractivity contribution in [2.24, 2.45) is 11.3 Å². The second-order valence-electron chi connectivity index (χ2n) is 10.5. The highest BCUT2D eigenvalue weighted by Crippen LogP contribution is 2.45. The van der Waals surface area contributed by atoms with E-state index in [4.69, 9.17) is 16.3 Å². The van der Waals surface area contributed by atoms with Gasteiger partial charge < -0.3 is 10.1 Å². The van der Waals surface area contributed by atoms with Crippen LogP contribution in [-0.2, 0) is 24.2 Å². The third-order valence-electron chi connectivity index (χ3n) is 7.60. The summed E-state index contributed by atoms with van der Waals surface area (Å²) in [6, 6.07) is 6.25. The molecule has 1 aliphatic rings. The van der Waals surface area contributed by atoms with E-state index in [1.165, 1.54) is 46.2 Å². The third-order valence-corrected chi connectivity index (χ3v) is 10.0. The minimum Gasteiger partial charge on any atom is -0.481 e. The number of fused-ring (bicyclic) bond motifs is 1. The van der Waals surface area contributed by atoms with Crippen LogP contribution in [0.5, 0.6) is 5.75 Å². The predicted octanol–water partition coefficient (Wildman–Crippen LogP) is 7.60. The summed E-state index contributed by atoms with van der Waals surface area (Å²) in [6.45, 7) is 12.9. The number of thioether (sulfide) groups is 1. The van der Waals surface area contributed by atoms with Crippen molar-refractivity contribution in [1.29, 1.82) is 5.26 Å². The Morgan fingerprint density at radius 2 is 2.25 bits per heavy atom. The molecule has 7 nitrogen and oxygen atoms in total. The topological polar surface area (TPSA) is 92.8 Å². The van der Waals surface area contributed by atoms with Crippen molar-refractivity contribution >= 4 is 45.6 Å². The van der Waals surface area contributed by atoms with Crippen LogP contribution in [0.2, 0.25) is 5.02 Å². The van der Waals surface area contributed by atoms with Crippen LogP contribution < -0.4 is 10.1 Å². The molecule has 0 saturated heterocycles. The van der Waals surface area contributed by atoms with Crippen molar-refractivity contribution in [2.75, 3.05) is 11.1 Å². The second kappa shape index (κ2) is 12.8. The number of nitrogens with zero attached hydrogens (tertiary/aromatic N) is 4. The fourth-order valence-corrected chi connectivity index (χ4v) is 7.12. The number of rotatable bonds is 11. The molecule has 0 aliphatic heterocycles. The monoisotopic (exact) mass is 601 g/mol. The smallest absolute Gasteiger partial charge is 0.235 e. The Labute approximate surface area is 247 Å². The van der Waals surface area contributed by atoms with Gasteiger partial charge in [0.05, 0.1) is 16.3 Å². The molecule has 3 aromatic rings. The standard InChI is InChI=1S/C29H33ClFN5O2S2/c1-6-12-36-26(17(3)38-23-11-9-19(31)14-22(23)30)34-35-28(36)39-16-25(37)33-27-21(15-32)20-10-8-18(13-24(20)40-27)29(4,5)7-2/h6,9,11,14,17-18H,1,7-8,10,12-13,16H2,2-5H3,(H,33,37). The molecule has 2 unspecified atom stereocenters. The molecule has 11 heteroatoms. The van der Waals surface area contributed by atoms with Gasteiger partial charge in [-0.25, -0.2) is 4.39 Å². The molecular formula is C29H33ClFN5O2S2. The van der Waals surface area contributed by atoms with Crippen molar-refractivity contribution in [3.63, 3.8) is 0 Å². The zero-order valence-electron chi connectivity index (χ0n) is 23.1. The lowest BCUT2D eigenvalue weighted by Gasteiger charge is -2.36. The molecule has 0 bridgehead atoms. The maximum Gasteiger partial charge on any atom is 0.235 e. The lowest BCUT2D eigenvalue weighted by Crippen LogP contribution is -2.28. The molecule has 0 spiro atoms. The van der Waals surface area contributed by atoms with Crippen LogP contribution in [0.3, 0.4) is 0 Å². The lowest BCUT2D eigenvalue weighted by atomic mass is 9.69. The first kappa shape index (κ1) is 30.1. The van der Waals surface area contributed by atoms with E-state index in [1.54, 1.807) is 13.0 Å². The summed E-state index contributed by atoms with van der Waals surface area (Å²) in [5, 5.41) is 22.7. The first-order valence-electron chi connectivity index (χ1n) is 13.2. The average Bonchev–Trinajstić information content (AvgIpc) is 3.49. The van der Waals surface area contributed by atoms with E-state index in [0.29, 0.717) is 39.8 Å². The molecule has 2 heterocycles. The van der Waals surface area contributed by atoms with Gasteiger partial charge in [0.2, 0.25) is 5.91 Å². The van der Waals surface area contributed by atoms with Gasteiger partial charge in [0.25, 0.3) is 0 Å². The van der Waals surface area contributed by atoms with Crippen LogP contribution in [0.4, 0.5) is 9.39 Å². The summed E-state index contributed by atoms with van der Waals surface area (Å²) in [4.78, 5) is 14.2. The number of benzene rings is 1. The van der Waals surface area contributed by atoms with Gasteiger partial charge in [-0.1, -0.05) is 56.6 Å². The lowest BCUT2D eigenvalue weighted by molar-refractivity contribution is -0.113. The van der Waals surface area contributed by atoms with E-state index in [-0.39, 0.29) is 22.1 Å². The summed E-state index contributed by atoms with van der Waals surface area (Å²) in [6.07, 6.45) is 5.13. The zero-order valence-corrected chi connectivity index (χ0v) is 25.5. The van der Waals surface area contributed by atoms with Crippen molar-refractivity contribution in [3.8, 4) is 11.8 Å². The van der Waals surface area contributed by atoms with Crippen molar-refractivity contribution in [1.82, 2.24) is 14.8 Å². The van der Waals surface area contributed by atoms with E-state index in [2.05, 4.69) is 48.9 Å². The highest BCUT2D eigenvalue weighted by atomic mass is 35.5. The molecule has 1 amide bonds. The number of carbonyl (C=O) groups is 1. The molecular weight excluding hydrogens is 569 g/mol. The molecule has 1 aliphatic carbocycles. The number of aromatic nitrogens is 3. The predicted molar refractivity (Wildman–Crippen MR) is 159 cm³/mol. The van der Waals surface area contributed by atoms with Gasteiger partial charge in [-0.2, -0.15) is 5.26 Å². The Balaban J connectivity index is 1.44. The van der Waals surface area contributed by atoms with Crippen LogP contribution in [0.1, 0.15) is 68.5 Å². The van der Waals surface area contributed by atoms with E-state index >= 15 is 0 Å². The van der Waals surface area contributed by atoms with E-state index < -0.39 is 11.9 Å². The average molecular weight is 602 g/mol. The number of thiophene rings is 1. The summed E-state index contributed by atoms with van der Waals surface area (Å²) < 4.78 is 21.1. The zero-order chi connectivity index (χ0) is 29.0. The number of halogens is 2. The van der Waals surface area contributed by atoms with Crippen molar-refractivity contribution < 1.29 is 13.9 Å². The number of nitrogens with one attached hydrogen (secondary N) is 1. The quantitative estimate of drug-likeness (QED) is 0.180. The number of allylic oxidation sites excluding steroid dienone is 1. The number of amides is 1. The van der Waals surface area contributed by atoms with Crippen LogP contribution in [-0.4, -0.2) is 26.4 Å². The molecule has 0 fully saturated rings. The molecule has 1 aromatic carbocycles. The molecule has 40 heavy (non-hydrogen) atoms. The van der Waals surface area contributed by atoms with E-state index in [9.17, 15) is 14.4 Å². The Hall–Kier alpha value is -2.87. The van der Waals surface area contributed by atoms with Gasteiger partial charge in [0, 0.05) is 11.4 Å². The fraction of sp³-hybridized carbons (Fsp3) is 0.448. The number of carbonyl (C=O) groups excluding carboxylic acids is 1.